The maximum atomic E-state index is 13.9. The topological polar surface area (TPSA) is 175 Å². The van der Waals surface area contributed by atoms with Gasteiger partial charge in [-0.15, -0.1) is 0 Å². The maximum absolute atomic E-state index is 13.9. The highest BCUT2D eigenvalue weighted by Crippen LogP contribution is 2.54. The van der Waals surface area contributed by atoms with Crippen molar-refractivity contribution in [2.24, 2.45) is 23.7 Å². The Morgan fingerprint density at radius 3 is 1.33 bits per heavy atom. The van der Waals surface area contributed by atoms with Gasteiger partial charge in [-0.3, -0.25) is 9.59 Å². The second kappa shape index (κ2) is 15.3. The Balaban J connectivity index is 0.963. The lowest BCUT2D eigenvalue weighted by molar-refractivity contribution is -0.141. The Morgan fingerprint density at radius 1 is 0.638 bits per heavy atom. The first kappa shape index (κ1) is 39.2. The predicted octanol–water partition coefficient (Wildman–Crippen LogP) is 6.57. The highest BCUT2D eigenvalue weighted by atomic mass is 16.5. The van der Waals surface area contributed by atoms with E-state index in [-0.39, 0.29) is 23.7 Å². The molecule has 0 radical (unpaired) electrons. The summed E-state index contributed by atoms with van der Waals surface area (Å²) in [5.41, 5.74) is 4.82. The number of nitrogens with zero attached hydrogens (tertiary/aromatic N) is 4. The van der Waals surface area contributed by atoms with Gasteiger partial charge in [-0.05, 0) is 84.5 Å². The van der Waals surface area contributed by atoms with Gasteiger partial charge in [-0.2, -0.15) is 0 Å². The van der Waals surface area contributed by atoms with Crippen molar-refractivity contribution in [2.75, 3.05) is 27.3 Å². The molecular weight excluding hydrogens is 737 g/mol. The van der Waals surface area contributed by atoms with Crippen molar-refractivity contribution in [3.05, 3.63) is 72.6 Å². The van der Waals surface area contributed by atoms with Crippen LogP contribution in [-0.4, -0.2) is 93.1 Å². The van der Waals surface area contributed by atoms with E-state index in [0.717, 1.165) is 83.8 Å². The molecule has 306 valence electrons. The number of nitrogens with one attached hydrogen (secondary N) is 4. The molecule has 2 aromatic carbocycles. The minimum Gasteiger partial charge on any atom is -0.453 e. The van der Waals surface area contributed by atoms with Gasteiger partial charge in [0.25, 0.3) is 0 Å². The number of aromatic amines is 2. The second-order valence-corrected chi connectivity index (χ2v) is 17.3. The first-order valence-corrected chi connectivity index (χ1v) is 20.5. The number of imidazole rings is 2. The largest absolute Gasteiger partial charge is 0.453 e. The molecule has 0 unspecified atom stereocenters. The second-order valence-electron chi connectivity index (χ2n) is 17.3. The normalized spacial score (nSPS) is 24.3. The number of carbonyl (C=O) groups excluding carboxylic acids is 4. The van der Waals surface area contributed by atoms with Crippen LogP contribution in [0.25, 0.3) is 33.6 Å². The van der Waals surface area contributed by atoms with Crippen LogP contribution in [0.5, 0.6) is 0 Å². The number of carbonyl (C=O) groups is 4. The lowest BCUT2D eigenvalue weighted by atomic mass is 9.93. The SMILES string of the molecule is COC(=O)N[C@H](C(=O)N1C[C@H]2CC[C@@]1(c1ncc(-c3ccc(-c4ccc(-c5cnc([C@@]67CC[C@H](CN6C(=O)[C@@H](NC(=O)OC)C(C)C)C7)[nH]5)cc4)cc3)[nH]1)C2)C(C)C. The molecule has 2 saturated heterocycles. The van der Waals surface area contributed by atoms with Crippen LogP contribution in [0.4, 0.5) is 9.59 Å². The number of alkyl carbamates (subject to hydrolysis) is 2. The molecule has 4 amide bonds. The third-order valence-corrected chi connectivity index (χ3v) is 13.2. The zero-order chi connectivity index (χ0) is 40.9. The number of piperidine rings is 2. The smallest absolute Gasteiger partial charge is 0.407 e. The number of fused-ring (bicyclic) bond motifs is 4. The van der Waals surface area contributed by atoms with Crippen molar-refractivity contribution >= 4 is 24.0 Å². The number of likely N-dealkylation sites (tertiary alicyclic amines) is 2. The molecule has 2 aliphatic carbocycles. The molecule has 8 rings (SSSR count). The molecule has 4 N–H and O–H groups in total. The Kier molecular flexibility index (Phi) is 10.3. The summed E-state index contributed by atoms with van der Waals surface area (Å²) in [5.74, 6) is 1.95. The van der Waals surface area contributed by atoms with E-state index in [1.54, 1.807) is 0 Å². The van der Waals surface area contributed by atoms with E-state index in [9.17, 15) is 19.2 Å². The molecule has 6 atom stereocenters. The highest BCUT2D eigenvalue weighted by Gasteiger charge is 2.57. The van der Waals surface area contributed by atoms with Crippen molar-refractivity contribution in [3.8, 4) is 33.6 Å². The Labute approximate surface area is 338 Å². The summed E-state index contributed by atoms with van der Waals surface area (Å²) < 4.78 is 9.64. The van der Waals surface area contributed by atoms with Crippen LogP contribution in [0, 0.1) is 23.7 Å². The third kappa shape index (κ3) is 6.79. The summed E-state index contributed by atoms with van der Waals surface area (Å²) in [5, 5.41) is 5.51. The fraction of sp³-hybridized carbons (Fsp3) is 0.500. The molecule has 14 nitrogen and oxygen atoms in total. The lowest BCUT2D eigenvalue weighted by Crippen LogP contribution is -2.56. The van der Waals surface area contributed by atoms with Gasteiger partial charge in [-0.25, -0.2) is 19.6 Å². The van der Waals surface area contributed by atoms with E-state index in [4.69, 9.17) is 19.4 Å². The van der Waals surface area contributed by atoms with Crippen molar-refractivity contribution in [3.63, 3.8) is 0 Å². The lowest BCUT2D eigenvalue weighted by Gasteiger charge is -2.40. The van der Waals surface area contributed by atoms with Crippen LogP contribution in [0.15, 0.2) is 60.9 Å². The van der Waals surface area contributed by atoms with Crippen LogP contribution in [0.2, 0.25) is 0 Å². The minimum absolute atomic E-state index is 0.103. The van der Waals surface area contributed by atoms with Gasteiger partial charge in [0.1, 0.15) is 34.8 Å². The molecule has 4 aliphatic rings. The number of methoxy groups -OCH3 is 2. The first-order valence-electron chi connectivity index (χ1n) is 20.5. The third-order valence-electron chi connectivity index (χ3n) is 13.2. The quantitative estimate of drug-likeness (QED) is 0.132. The summed E-state index contributed by atoms with van der Waals surface area (Å²) in [6.07, 6.45) is 7.87. The average molecular weight is 791 g/mol. The van der Waals surface area contributed by atoms with E-state index >= 15 is 0 Å². The van der Waals surface area contributed by atoms with Gasteiger partial charge in [0.05, 0.1) is 38.0 Å². The molecule has 4 aromatic rings. The van der Waals surface area contributed by atoms with E-state index in [0.29, 0.717) is 24.9 Å². The number of rotatable bonds is 11. The van der Waals surface area contributed by atoms with Gasteiger partial charge in [-0.1, -0.05) is 76.2 Å². The molecule has 2 aliphatic heterocycles. The van der Waals surface area contributed by atoms with E-state index < -0.39 is 35.3 Å². The average Bonchev–Trinajstić information content (AvgIpc) is 4.10. The van der Waals surface area contributed by atoms with Gasteiger partial charge < -0.3 is 39.9 Å². The van der Waals surface area contributed by atoms with Crippen LogP contribution in [-0.2, 0) is 30.1 Å². The van der Waals surface area contributed by atoms with Crippen molar-refractivity contribution in [1.29, 1.82) is 0 Å². The number of hydrogen-bond donors (Lipinski definition) is 4. The molecule has 4 bridgehead atoms. The maximum Gasteiger partial charge on any atom is 0.407 e. The zero-order valence-corrected chi connectivity index (χ0v) is 34.1. The van der Waals surface area contributed by atoms with Crippen molar-refractivity contribution < 1.29 is 28.7 Å². The number of H-pyrrole nitrogens is 2. The van der Waals surface area contributed by atoms with E-state index in [1.807, 2.05) is 49.9 Å². The van der Waals surface area contributed by atoms with Crippen LogP contribution >= 0.6 is 0 Å². The molecule has 14 heteroatoms. The molecule has 4 heterocycles. The number of amides is 4. The Bertz CT molecular complexity index is 2030. The summed E-state index contributed by atoms with van der Waals surface area (Å²) >= 11 is 0. The highest BCUT2D eigenvalue weighted by molar-refractivity contribution is 5.88. The molecule has 0 spiro atoms. The van der Waals surface area contributed by atoms with Crippen LogP contribution in [0.1, 0.15) is 77.9 Å². The molecule has 2 saturated carbocycles. The zero-order valence-electron chi connectivity index (χ0n) is 34.1. The van der Waals surface area contributed by atoms with E-state index in [1.165, 1.54) is 14.2 Å². The number of hydrogen-bond acceptors (Lipinski definition) is 8. The monoisotopic (exact) mass is 790 g/mol. The standard InChI is InChI=1S/C44H54N8O6/c1-25(2)35(49-41(55)57-5)37(53)51-23-27-15-17-43(51,19-27)39-45-21-33(47-39)31-11-7-29(8-12-31)30-9-13-32(14-10-30)34-22-46-40(48-34)44-18-16-28(20-44)24-52(44)38(54)36(26(3)4)50-42(56)58-6/h7-14,21-22,25-28,35-36H,15-20,23-24H2,1-6H3,(H,45,47)(H,46,48)(H,49,55)(H,50,56)/t27-,28-,35-,36-,43-,44-/m0/s1. The number of benzene rings is 2. The summed E-state index contributed by atoms with van der Waals surface area (Å²) in [6.45, 7) is 8.99. The van der Waals surface area contributed by atoms with Crippen molar-refractivity contribution in [1.82, 2.24) is 40.4 Å². The van der Waals surface area contributed by atoms with Crippen LogP contribution in [0.3, 0.4) is 0 Å². The van der Waals surface area contributed by atoms with E-state index in [2.05, 4.69) is 69.1 Å². The number of ether oxygens (including phenoxy) is 2. The van der Waals surface area contributed by atoms with Crippen LogP contribution < -0.4 is 10.6 Å². The molecule has 58 heavy (non-hydrogen) atoms. The fourth-order valence-electron chi connectivity index (χ4n) is 10.0. The van der Waals surface area contributed by atoms with Gasteiger partial charge in [0, 0.05) is 13.1 Å². The van der Waals surface area contributed by atoms with Crippen molar-refractivity contribution in [2.45, 2.75) is 89.4 Å². The molecular formula is C44H54N8O6. The Hall–Kier alpha value is -5.66. The summed E-state index contributed by atoms with van der Waals surface area (Å²) in [6, 6.07) is 15.3. The number of aromatic nitrogens is 4. The molecule has 2 aromatic heterocycles. The van der Waals surface area contributed by atoms with Gasteiger partial charge in [0.2, 0.25) is 11.8 Å². The first-order chi connectivity index (χ1) is 27.8. The van der Waals surface area contributed by atoms with Gasteiger partial charge in [0.15, 0.2) is 0 Å². The van der Waals surface area contributed by atoms with Gasteiger partial charge >= 0.3 is 12.2 Å². The minimum atomic E-state index is -0.687. The predicted molar refractivity (Wildman–Crippen MR) is 217 cm³/mol. The summed E-state index contributed by atoms with van der Waals surface area (Å²) in [7, 11) is 2.61. The Morgan fingerprint density at radius 2 is 1.00 bits per heavy atom. The fourth-order valence-corrected chi connectivity index (χ4v) is 10.0. The summed E-state index contributed by atoms with van der Waals surface area (Å²) in [4.78, 5) is 72.8. The molecule has 4 fully saturated rings.